The predicted molar refractivity (Wildman–Crippen MR) is 179 cm³/mol. The summed E-state index contributed by atoms with van der Waals surface area (Å²) >= 11 is 0. The van der Waals surface area contributed by atoms with Crippen LogP contribution in [0.2, 0.25) is 0 Å². The highest BCUT2D eigenvalue weighted by molar-refractivity contribution is 6.05. The lowest BCUT2D eigenvalue weighted by atomic mass is 9.98. The highest BCUT2D eigenvalue weighted by Crippen LogP contribution is 2.22. The lowest BCUT2D eigenvalue weighted by molar-refractivity contribution is -0.124. The number of rotatable bonds is 15. The van der Waals surface area contributed by atoms with E-state index in [0.717, 1.165) is 11.1 Å². The molecule has 0 saturated heterocycles. The molecule has 0 aliphatic rings. The van der Waals surface area contributed by atoms with Gasteiger partial charge in [-0.05, 0) is 72.4 Å². The molecule has 8 heteroatoms. The Hall–Kier alpha value is -5.05. The van der Waals surface area contributed by atoms with Crippen LogP contribution in [0.4, 0.5) is 0 Å². The Bertz CT molecular complexity index is 1590. The van der Waals surface area contributed by atoms with E-state index in [4.69, 9.17) is 4.74 Å². The van der Waals surface area contributed by atoms with Gasteiger partial charge in [0.15, 0.2) is 5.78 Å². The summed E-state index contributed by atoms with van der Waals surface area (Å²) in [5.74, 6) is 0.0516. The van der Waals surface area contributed by atoms with E-state index in [1.807, 2.05) is 86.6 Å². The van der Waals surface area contributed by atoms with Crippen LogP contribution in [0.25, 0.3) is 11.1 Å². The van der Waals surface area contributed by atoms with Gasteiger partial charge in [-0.3, -0.25) is 14.4 Å². The Balaban J connectivity index is 1.46. The second-order valence-electron chi connectivity index (χ2n) is 11.4. The van der Waals surface area contributed by atoms with Crippen LogP contribution in [0.15, 0.2) is 121 Å². The number of carbonyl (C=O) groups is 3. The molecular weight excluding hydrogens is 580 g/mol. The largest absolute Gasteiger partial charge is 0.457 e. The standard InChI is InChI=1S/C38H40N2O6/c1-26(2)24-34(36(43)25-41)40-38(45)33(39-37(44)30-20-22-32(23-21-30)46-31-12-7-4-8-13-31)14-9-15-35(42)29-18-16-28(17-19-29)27-10-5-3-6-11-27/h3-13,15-23,26,33-34,36,41,43H,14,24-25H2,1-2H3,(H,39,44)(H,40,45)/b15-9-. The van der Waals surface area contributed by atoms with Gasteiger partial charge in [-0.1, -0.05) is 92.7 Å². The third kappa shape index (κ3) is 9.99. The van der Waals surface area contributed by atoms with E-state index < -0.39 is 36.6 Å². The van der Waals surface area contributed by atoms with Crippen LogP contribution in [0, 0.1) is 5.92 Å². The fraction of sp³-hybridized carbons (Fsp3) is 0.237. The maximum atomic E-state index is 13.4. The summed E-state index contributed by atoms with van der Waals surface area (Å²) in [6.07, 6.45) is 2.20. The van der Waals surface area contributed by atoms with Crippen molar-refractivity contribution in [1.29, 1.82) is 0 Å². The first-order chi connectivity index (χ1) is 22.2. The Morgan fingerprint density at radius 1 is 0.739 bits per heavy atom. The maximum absolute atomic E-state index is 13.4. The summed E-state index contributed by atoms with van der Waals surface area (Å²) in [5.41, 5.74) is 2.83. The first-order valence-electron chi connectivity index (χ1n) is 15.3. The monoisotopic (exact) mass is 620 g/mol. The van der Waals surface area contributed by atoms with Crippen molar-refractivity contribution < 1.29 is 29.3 Å². The zero-order chi connectivity index (χ0) is 32.9. The molecule has 4 aromatic rings. The van der Waals surface area contributed by atoms with E-state index in [9.17, 15) is 24.6 Å². The number of ether oxygens (including phenoxy) is 1. The van der Waals surface area contributed by atoms with Gasteiger partial charge in [0.1, 0.15) is 17.5 Å². The highest BCUT2D eigenvalue weighted by atomic mass is 16.5. The molecule has 0 bridgehead atoms. The molecule has 0 aromatic heterocycles. The highest BCUT2D eigenvalue weighted by Gasteiger charge is 2.27. The lowest BCUT2D eigenvalue weighted by Crippen LogP contribution is -2.53. The minimum absolute atomic E-state index is 0.0181. The number of aliphatic hydroxyl groups is 2. The van der Waals surface area contributed by atoms with Gasteiger partial charge in [0, 0.05) is 11.1 Å². The summed E-state index contributed by atoms with van der Waals surface area (Å²) in [4.78, 5) is 39.6. The molecule has 8 nitrogen and oxygen atoms in total. The number of ketones is 1. The molecule has 0 heterocycles. The maximum Gasteiger partial charge on any atom is 0.251 e. The number of para-hydroxylation sites is 1. The number of allylic oxidation sites excluding steroid dienone is 1. The first kappa shape index (κ1) is 33.8. The number of amides is 2. The minimum atomic E-state index is -1.17. The molecule has 0 aliphatic carbocycles. The van der Waals surface area contributed by atoms with E-state index in [-0.39, 0.29) is 18.1 Å². The molecule has 3 atom stereocenters. The minimum Gasteiger partial charge on any atom is -0.457 e. The van der Waals surface area contributed by atoms with Gasteiger partial charge in [0.2, 0.25) is 5.91 Å². The van der Waals surface area contributed by atoms with Crippen LogP contribution in [0.1, 0.15) is 47.4 Å². The van der Waals surface area contributed by atoms with Crippen LogP contribution in [0.5, 0.6) is 11.5 Å². The van der Waals surface area contributed by atoms with E-state index in [1.54, 1.807) is 42.5 Å². The zero-order valence-electron chi connectivity index (χ0n) is 26.0. The molecule has 0 saturated carbocycles. The van der Waals surface area contributed by atoms with Gasteiger partial charge in [-0.2, -0.15) is 0 Å². The van der Waals surface area contributed by atoms with E-state index in [2.05, 4.69) is 10.6 Å². The van der Waals surface area contributed by atoms with Crippen LogP contribution in [-0.4, -0.2) is 52.6 Å². The average Bonchev–Trinajstić information content (AvgIpc) is 3.08. The topological polar surface area (TPSA) is 125 Å². The summed E-state index contributed by atoms with van der Waals surface area (Å²) < 4.78 is 5.80. The molecule has 0 spiro atoms. The molecule has 46 heavy (non-hydrogen) atoms. The van der Waals surface area contributed by atoms with Gasteiger partial charge >= 0.3 is 0 Å². The van der Waals surface area contributed by atoms with E-state index >= 15 is 0 Å². The number of carbonyl (C=O) groups excluding carboxylic acids is 3. The van der Waals surface area contributed by atoms with Gasteiger partial charge in [-0.25, -0.2) is 0 Å². The van der Waals surface area contributed by atoms with Crippen molar-refractivity contribution in [1.82, 2.24) is 10.6 Å². The Labute approximate surface area is 269 Å². The number of aliphatic hydroxyl groups excluding tert-OH is 2. The van der Waals surface area contributed by atoms with Gasteiger partial charge in [0.05, 0.1) is 18.8 Å². The fourth-order valence-corrected chi connectivity index (χ4v) is 4.87. The van der Waals surface area contributed by atoms with Gasteiger partial charge in [-0.15, -0.1) is 0 Å². The quantitative estimate of drug-likeness (QED) is 0.0961. The van der Waals surface area contributed by atoms with Gasteiger partial charge in [0.25, 0.3) is 5.91 Å². The molecule has 0 radical (unpaired) electrons. The van der Waals surface area contributed by atoms with Crippen molar-refractivity contribution in [2.45, 2.75) is 44.9 Å². The molecule has 4 rings (SSSR count). The molecule has 238 valence electrons. The fourth-order valence-electron chi connectivity index (χ4n) is 4.87. The lowest BCUT2D eigenvalue weighted by Gasteiger charge is -2.27. The third-order valence-corrected chi connectivity index (χ3v) is 7.34. The number of hydrogen-bond donors (Lipinski definition) is 4. The number of hydrogen-bond acceptors (Lipinski definition) is 6. The number of nitrogens with one attached hydrogen (secondary N) is 2. The molecule has 3 unspecified atom stereocenters. The Kier molecular flexibility index (Phi) is 12.4. The van der Waals surface area contributed by atoms with Crippen molar-refractivity contribution in [2.24, 2.45) is 5.92 Å². The van der Waals surface area contributed by atoms with Crippen LogP contribution in [-0.2, 0) is 4.79 Å². The Morgan fingerprint density at radius 2 is 1.30 bits per heavy atom. The summed E-state index contributed by atoms with van der Waals surface area (Å²) in [6.45, 7) is 3.35. The molecule has 0 aliphatic heterocycles. The van der Waals surface area contributed by atoms with Gasteiger partial charge < -0.3 is 25.6 Å². The average molecular weight is 621 g/mol. The Morgan fingerprint density at radius 3 is 1.91 bits per heavy atom. The van der Waals surface area contributed by atoms with E-state index in [1.165, 1.54) is 6.08 Å². The molecule has 4 aromatic carbocycles. The molecule has 4 N–H and O–H groups in total. The van der Waals surface area contributed by atoms with Crippen molar-refractivity contribution in [3.8, 4) is 22.6 Å². The zero-order valence-corrected chi connectivity index (χ0v) is 26.0. The molecule has 0 fully saturated rings. The predicted octanol–water partition coefficient (Wildman–Crippen LogP) is 5.96. The van der Waals surface area contributed by atoms with Crippen LogP contribution < -0.4 is 15.4 Å². The van der Waals surface area contributed by atoms with E-state index in [0.29, 0.717) is 29.0 Å². The van der Waals surface area contributed by atoms with Crippen molar-refractivity contribution in [3.63, 3.8) is 0 Å². The summed E-state index contributed by atoms with van der Waals surface area (Å²) in [5, 5.41) is 25.4. The van der Waals surface area contributed by atoms with Crippen molar-refractivity contribution >= 4 is 17.6 Å². The SMILES string of the molecule is CC(C)CC(NC(=O)C(C/C=C\C(=O)c1ccc(-c2ccccc2)cc1)NC(=O)c1ccc(Oc2ccccc2)cc1)C(O)CO. The second kappa shape index (κ2) is 16.9. The van der Waals surface area contributed by atoms with Crippen molar-refractivity contribution in [2.75, 3.05) is 6.61 Å². The van der Waals surface area contributed by atoms with Crippen LogP contribution >= 0.6 is 0 Å². The summed E-state index contributed by atoms with van der Waals surface area (Å²) in [7, 11) is 0. The second-order valence-corrected chi connectivity index (χ2v) is 11.4. The molecular formula is C38H40N2O6. The van der Waals surface area contributed by atoms with Crippen molar-refractivity contribution in [3.05, 3.63) is 132 Å². The number of benzene rings is 4. The normalized spacial score (nSPS) is 13.2. The summed E-state index contributed by atoms with van der Waals surface area (Å²) in [6, 6.07) is 31.1. The molecule has 2 amide bonds. The smallest absolute Gasteiger partial charge is 0.251 e. The van der Waals surface area contributed by atoms with Crippen LogP contribution in [0.3, 0.4) is 0 Å². The first-order valence-corrected chi connectivity index (χ1v) is 15.3. The third-order valence-electron chi connectivity index (χ3n) is 7.34.